The molecule has 0 amide bonds. The lowest BCUT2D eigenvalue weighted by atomic mass is 10.3. The van der Waals surface area contributed by atoms with E-state index in [0.717, 1.165) is 0 Å². The molecule has 2 N–H and O–H groups in total. The molecule has 0 radical (unpaired) electrons. The first kappa shape index (κ1) is 6.55. The van der Waals surface area contributed by atoms with Crippen molar-refractivity contribution in [3.63, 3.8) is 0 Å². The molecule has 2 unspecified atom stereocenters. The second-order valence-corrected chi connectivity index (χ2v) is 3.44. The van der Waals surface area contributed by atoms with E-state index in [1.807, 2.05) is 0 Å². The fourth-order valence-corrected chi connectivity index (χ4v) is 1.42. The monoisotopic (exact) mass is 162 g/mol. The summed E-state index contributed by atoms with van der Waals surface area (Å²) in [6.07, 6.45) is 1.95. The summed E-state index contributed by atoms with van der Waals surface area (Å²) < 4.78 is 9.91. The van der Waals surface area contributed by atoms with Crippen LogP contribution in [0.25, 0.3) is 0 Å². The van der Waals surface area contributed by atoms with Crippen molar-refractivity contribution in [3.05, 3.63) is 11.6 Å². The second-order valence-electron chi connectivity index (χ2n) is 2.28. The zero-order chi connectivity index (χ0) is 7.14. The first-order chi connectivity index (χ1) is 4.77. The number of fused-ring (bicyclic) bond motifs is 1. The summed E-state index contributed by atoms with van der Waals surface area (Å²) in [5.74, 6) is 0. The molecule has 1 saturated heterocycles. The molecule has 56 valence electrons. The molecular formula is C5H7O4P. The summed E-state index contributed by atoms with van der Waals surface area (Å²) in [6.45, 7) is 0. The molecule has 2 aliphatic heterocycles. The van der Waals surface area contributed by atoms with Crippen LogP contribution in [0.4, 0.5) is 0 Å². The Bertz CT molecular complexity index is 178. The topological polar surface area (TPSA) is 62.2 Å². The Labute approximate surface area is 59.0 Å². The van der Waals surface area contributed by atoms with E-state index in [9.17, 15) is 0 Å². The van der Waals surface area contributed by atoms with Crippen LogP contribution in [0.15, 0.2) is 11.6 Å². The maximum absolute atomic E-state index is 8.73. The van der Waals surface area contributed by atoms with Gasteiger partial charge in [0.1, 0.15) is 6.10 Å². The molecule has 4 nitrogen and oxygen atoms in total. The lowest BCUT2D eigenvalue weighted by Crippen LogP contribution is -2.03. The Hall–Kier alpha value is -0.150. The van der Waals surface area contributed by atoms with Crippen molar-refractivity contribution in [2.24, 2.45) is 0 Å². The average molecular weight is 162 g/mol. The van der Waals surface area contributed by atoms with Gasteiger partial charge in [0.05, 0.1) is 6.26 Å². The molecule has 2 rings (SSSR count). The summed E-state index contributed by atoms with van der Waals surface area (Å²) in [4.78, 5) is 17.5. The Morgan fingerprint density at radius 2 is 2.40 bits per heavy atom. The zero-order valence-electron chi connectivity index (χ0n) is 5.10. The van der Waals surface area contributed by atoms with E-state index in [-0.39, 0.29) is 12.4 Å². The fraction of sp³-hybridized carbons (Fsp3) is 0.600. The van der Waals surface area contributed by atoms with Crippen molar-refractivity contribution in [2.45, 2.75) is 18.8 Å². The average Bonchev–Trinajstić information content (AvgIpc) is 2.63. The third kappa shape index (κ3) is 1.04. The number of hydrogen-bond acceptors (Lipinski definition) is 4. The number of ether oxygens (including phenoxy) is 2. The zero-order valence-corrected chi connectivity index (χ0v) is 5.99. The van der Waals surface area contributed by atoms with E-state index in [4.69, 9.17) is 19.3 Å². The molecule has 2 heterocycles. The van der Waals surface area contributed by atoms with E-state index >= 15 is 0 Å². The molecule has 1 fully saturated rings. The van der Waals surface area contributed by atoms with Crippen molar-refractivity contribution in [2.75, 3.05) is 0 Å². The summed E-state index contributed by atoms with van der Waals surface area (Å²) in [6, 6.07) is 0. The predicted octanol–water partition coefficient (Wildman–Crippen LogP) is 0.269. The minimum Gasteiger partial charge on any atom is -0.469 e. The summed E-state index contributed by atoms with van der Waals surface area (Å²) in [5, 5.41) is 0.550. The number of rotatable bonds is 1. The van der Waals surface area contributed by atoms with Gasteiger partial charge in [0.15, 0.2) is 8.38 Å². The first-order valence-electron chi connectivity index (χ1n) is 2.95. The third-order valence-electron chi connectivity index (χ3n) is 1.54. The Kier molecular flexibility index (Phi) is 1.42. The lowest BCUT2D eigenvalue weighted by Gasteiger charge is -2.09. The molecule has 0 spiro atoms. The molecule has 2 aliphatic rings. The maximum Gasteiger partial charge on any atom is 0.226 e. The fourth-order valence-electron chi connectivity index (χ4n) is 0.920. The highest BCUT2D eigenvalue weighted by Crippen LogP contribution is 2.45. The standard InChI is InChI=1S/C5H7O4P/c6-10(7)3-1-4-5(9-4)8-2-3/h2,4-7H,1H2. The van der Waals surface area contributed by atoms with Gasteiger partial charge in [-0.2, -0.15) is 0 Å². The van der Waals surface area contributed by atoms with Crippen LogP contribution in [-0.2, 0) is 9.47 Å². The van der Waals surface area contributed by atoms with Crippen LogP contribution in [0.3, 0.4) is 0 Å². The molecular weight excluding hydrogens is 155 g/mol. The maximum atomic E-state index is 8.73. The second kappa shape index (κ2) is 2.17. The molecule has 10 heavy (non-hydrogen) atoms. The van der Waals surface area contributed by atoms with E-state index < -0.39 is 8.38 Å². The van der Waals surface area contributed by atoms with Gasteiger partial charge in [0.25, 0.3) is 0 Å². The van der Waals surface area contributed by atoms with Crippen molar-refractivity contribution in [3.8, 4) is 0 Å². The SMILES string of the molecule is OP(O)C1=COC2OC2C1. The van der Waals surface area contributed by atoms with Crippen molar-refractivity contribution in [1.82, 2.24) is 0 Å². The molecule has 5 heteroatoms. The van der Waals surface area contributed by atoms with Gasteiger partial charge in [0, 0.05) is 11.7 Å². The molecule has 0 saturated carbocycles. The molecule has 0 aromatic rings. The van der Waals surface area contributed by atoms with Gasteiger partial charge in [-0.15, -0.1) is 0 Å². The van der Waals surface area contributed by atoms with E-state index in [1.165, 1.54) is 6.26 Å². The highest BCUT2D eigenvalue weighted by Gasteiger charge is 2.44. The molecule has 0 aromatic heterocycles. The van der Waals surface area contributed by atoms with Gasteiger partial charge >= 0.3 is 0 Å². The quantitative estimate of drug-likeness (QED) is 0.429. The van der Waals surface area contributed by atoms with Gasteiger partial charge in [-0.3, -0.25) is 0 Å². The summed E-state index contributed by atoms with van der Waals surface area (Å²) in [7, 11) is -1.96. The van der Waals surface area contributed by atoms with Crippen LogP contribution in [0.5, 0.6) is 0 Å². The van der Waals surface area contributed by atoms with E-state index in [0.29, 0.717) is 11.7 Å². The normalized spacial score (nSPS) is 36.5. The number of hydrogen-bond donors (Lipinski definition) is 2. The van der Waals surface area contributed by atoms with E-state index in [2.05, 4.69) is 0 Å². The largest absolute Gasteiger partial charge is 0.469 e. The van der Waals surface area contributed by atoms with Crippen LogP contribution in [-0.4, -0.2) is 22.2 Å². The lowest BCUT2D eigenvalue weighted by molar-refractivity contribution is 0.130. The Morgan fingerprint density at radius 1 is 1.60 bits per heavy atom. The van der Waals surface area contributed by atoms with Gasteiger partial charge < -0.3 is 19.3 Å². The van der Waals surface area contributed by atoms with Gasteiger partial charge in [0.2, 0.25) is 6.29 Å². The van der Waals surface area contributed by atoms with Crippen LogP contribution in [0.2, 0.25) is 0 Å². The Morgan fingerprint density at radius 3 is 3.00 bits per heavy atom. The minimum atomic E-state index is -1.96. The summed E-state index contributed by atoms with van der Waals surface area (Å²) >= 11 is 0. The van der Waals surface area contributed by atoms with Crippen molar-refractivity contribution in [1.29, 1.82) is 0 Å². The molecule has 0 aromatic carbocycles. The van der Waals surface area contributed by atoms with Crippen LogP contribution in [0, 0.1) is 0 Å². The first-order valence-corrected chi connectivity index (χ1v) is 4.20. The smallest absolute Gasteiger partial charge is 0.226 e. The molecule has 0 aliphatic carbocycles. The minimum absolute atomic E-state index is 0.0734. The van der Waals surface area contributed by atoms with Crippen molar-refractivity contribution < 1.29 is 19.3 Å². The van der Waals surface area contributed by atoms with Crippen LogP contribution in [0.1, 0.15) is 6.42 Å². The van der Waals surface area contributed by atoms with Gasteiger partial charge in [-0.05, 0) is 0 Å². The van der Waals surface area contributed by atoms with Crippen molar-refractivity contribution >= 4 is 8.38 Å². The third-order valence-corrected chi connectivity index (χ3v) is 2.34. The van der Waals surface area contributed by atoms with Gasteiger partial charge in [-0.1, -0.05) is 0 Å². The predicted molar refractivity (Wildman–Crippen MR) is 33.8 cm³/mol. The highest BCUT2D eigenvalue weighted by molar-refractivity contribution is 7.50. The molecule has 0 bridgehead atoms. The van der Waals surface area contributed by atoms with Crippen LogP contribution >= 0.6 is 8.38 Å². The van der Waals surface area contributed by atoms with Crippen LogP contribution < -0.4 is 0 Å². The summed E-state index contributed by atoms with van der Waals surface area (Å²) in [5.41, 5.74) is 0. The number of epoxide rings is 1. The highest BCUT2D eigenvalue weighted by atomic mass is 31.2. The Balaban J connectivity index is 2.03. The molecule has 2 atom stereocenters. The van der Waals surface area contributed by atoms with Gasteiger partial charge in [-0.25, -0.2) is 0 Å². The van der Waals surface area contributed by atoms with E-state index in [1.54, 1.807) is 0 Å².